The predicted molar refractivity (Wildman–Crippen MR) is 52.9 cm³/mol. The predicted octanol–water partition coefficient (Wildman–Crippen LogP) is 2.26. The molecule has 0 saturated carbocycles. The quantitative estimate of drug-likeness (QED) is 0.723. The molecule has 1 nitrogen and oxygen atoms in total. The van der Waals surface area contributed by atoms with Crippen LogP contribution in [0.1, 0.15) is 18.1 Å². The highest BCUT2D eigenvalue weighted by Crippen LogP contribution is 2.05. The van der Waals surface area contributed by atoms with Gasteiger partial charge in [-0.25, -0.2) is 0 Å². The zero-order valence-electron chi connectivity index (χ0n) is 7.46. The molecule has 0 unspecified atom stereocenters. The van der Waals surface area contributed by atoms with Crippen molar-refractivity contribution in [1.29, 1.82) is 0 Å². The van der Waals surface area contributed by atoms with E-state index >= 15 is 0 Å². The lowest BCUT2D eigenvalue weighted by molar-refractivity contribution is 1.13. The lowest BCUT2D eigenvalue weighted by Crippen LogP contribution is -1.85. The molecule has 0 heterocycles. The van der Waals surface area contributed by atoms with E-state index in [1.54, 1.807) is 6.20 Å². The number of hydrogen-bond donors (Lipinski definition) is 1. The Labute approximate surface area is 73.9 Å². The first-order valence-corrected chi connectivity index (χ1v) is 4.31. The fourth-order valence-electron chi connectivity index (χ4n) is 1.12. The summed E-state index contributed by atoms with van der Waals surface area (Å²) in [6, 6.07) is 8.64. The van der Waals surface area contributed by atoms with E-state index in [4.69, 9.17) is 5.73 Å². The summed E-state index contributed by atoms with van der Waals surface area (Å²) in [7, 11) is 0. The number of allylic oxidation sites excluding steroid dienone is 1. The van der Waals surface area contributed by atoms with Crippen molar-refractivity contribution in [3.05, 3.63) is 47.7 Å². The monoisotopic (exact) mass is 161 g/mol. The molecule has 0 amide bonds. The number of benzene rings is 1. The number of aryl methyl sites for hydroxylation is 1. The zero-order valence-corrected chi connectivity index (χ0v) is 7.46. The maximum absolute atomic E-state index is 5.25. The number of rotatable bonds is 3. The van der Waals surface area contributed by atoms with Gasteiger partial charge in [0.1, 0.15) is 0 Å². The smallest absolute Gasteiger partial charge is 0.00803 e. The van der Waals surface area contributed by atoms with Gasteiger partial charge in [-0.3, -0.25) is 0 Å². The molecule has 0 bridgehead atoms. The summed E-state index contributed by atoms with van der Waals surface area (Å²) in [6.07, 6.45) is 5.59. The van der Waals surface area contributed by atoms with Crippen LogP contribution in [-0.4, -0.2) is 0 Å². The first-order chi connectivity index (χ1) is 5.86. The van der Waals surface area contributed by atoms with Gasteiger partial charge in [0.05, 0.1) is 0 Å². The van der Waals surface area contributed by atoms with Gasteiger partial charge in [0.15, 0.2) is 0 Å². The maximum atomic E-state index is 5.25. The normalized spacial score (nSPS) is 10.8. The van der Waals surface area contributed by atoms with Crippen LogP contribution in [0, 0.1) is 0 Å². The highest BCUT2D eigenvalue weighted by molar-refractivity contribution is 5.23. The van der Waals surface area contributed by atoms with Crippen LogP contribution < -0.4 is 5.73 Å². The van der Waals surface area contributed by atoms with Gasteiger partial charge in [0, 0.05) is 0 Å². The molecule has 1 heteroatoms. The molecule has 1 rings (SSSR count). The van der Waals surface area contributed by atoms with Crippen LogP contribution in [0.2, 0.25) is 0 Å². The highest BCUT2D eigenvalue weighted by Gasteiger charge is 1.89. The van der Waals surface area contributed by atoms with Crippen LogP contribution in [0.3, 0.4) is 0 Å². The van der Waals surface area contributed by atoms with E-state index in [-0.39, 0.29) is 0 Å². The molecule has 2 N–H and O–H groups in total. The van der Waals surface area contributed by atoms with Crippen molar-refractivity contribution < 1.29 is 0 Å². The molecule has 0 atom stereocenters. The number of nitrogens with two attached hydrogens (primary N) is 1. The Morgan fingerprint density at radius 2 is 1.75 bits per heavy atom. The van der Waals surface area contributed by atoms with E-state index in [0.717, 1.165) is 12.8 Å². The van der Waals surface area contributed by atoms with Crippen molar-refractivity contribution in [2.24, 2.45) is 5.73 Å². The second-order valence-electron chi connectivity index (χ2n) is 2.80. The van der Waals surface area contributed by atoms with Gasteiger partial charge in [-0.05, 0) is 30.2 Å². The topological polar surface area (TPSA) is 26.0 Å². The van der Waals surface area contributed by atoms with Crippen LogP contribution in [0.4, 0.5) is 0 Å². The average Bonchev–Trinajstić information content (AvgIpc) is 2.15. The Morgan fingerprint density at radius 1 is 1.17 bits per heavy atom. The molecule has 0 fully saturated rings. The third-order valence-corrected chi connectivity index (χ3v) is 1.92. The van der Waals surface area contributed by atoms with Crippen LogP contribution in [0.5, 0.6) is 0 Å². The standard InChI is InChI=1S/C11H15N/c1-2-10-5-7-11(8-6-10)4-3-9-12/h3,5-9H,2,4,12H2,1H3. The highest BCUT2D eigenvalue weighted by atomic mass is 14.5. The van der Waals surface area contributed by atoms with Gasteiger partial charge in [0.25, 0.3) is 0 Å². The Morgan fingerprint density at radius 3 is 2.25 bits per heavy atom. The van der Waals surface area contributed by atoms with Gasteiger partial charge in [-0.2, -0.15) is 0 Å². The Balaban J connectivity index is 2.64. The van der Waals surface area contributed by atoms with E-state index < -0.39 is 0 Å². The maximum Gasteiger partial charge on any atom is -0.00803 e. The summed E-state index contributed by atoms with van der Waals surface area (Å²) in [5.41, 5.74) is 7.95. The van der Waals surface area contributed by atoms with Gasteiger partial charge >= 0.3 is 0 Å². The van der Waals surface area contributed by atoms with Crippen molar-refractivity contribution in [1.82, 2.24) is 0 Å². The summed E-state index contributed by atoms with van der Waals surface area (Å²) in [5, 5.41) is 0. The minimum atomic E-state index is 0.931. The Kier molecular flexibility index (Phi) is 3.39. The molecular formula is C11H15N. The summed E-state index contributed by atoms with van der Waals surface area (Å²) in [5.74, 6) is 0. The molecule has 0 radical (unpaired) electrons. The zero-order chi connectivity index (χ0) is 8.81. The van der Waals surface area contributed by atoms with Gasteiger partial charge in [-0.1, -0.05) is 37.3 Å². The molecule has 1 aromatic rings. The van der Waals surface area contributed by atoms with E-state index in [0.29, 0.717) is 0 Å². The minimum Gasteiger partial charge on any atom is -0.405 e. The molecule has 1 aromatic carbocycles. The molecule has 12 heavy (non-hydrogen) atoms. The molecular weight excluding hydrogens is 146 g/mol. The van der Waals surface area contributed by atoms with Crippen LogP contribution in [0.15, 0.2) is 36.5 Å². The average molecular weight is 161 g/mol. The third-order valence-electron chi connectivity index (χ3n) is 1.92. The summed E-state index contributed by atoms with van der Waals surface area (Å²) >= 11 is 0. The van der Waals surface area contributed by atoms with Crippen molar-refractivity contribution in [3.8, 4) is 0 Å². The van der Waals surface area contributed by atoms with Crippen molar-refractivity contribution in [2.75, 3.05) is 0 Å². The summed E-state index contributed by atoms with van der Waals surface area (Å²) < 4.78 is 0. The second-order valence-corrected chi connectivity index (χ2v) is 2.80. The van der Waals surface area contributed by atoms with E-state index in [1.807, 2.05) is 6.08 Å². The molecule has 0 aliphatic carbocycles. The summed E-state index contributed by atoms with van der Waals surface area (Å²) in [6.45, 7) is 2.16. The fraction of sp³-hybridized carbons (Fsp3) is 0.273. The van der Waals surface area contributed by atoms with E-state index in [1.165, 1.54) is 11.1 Å². The molecule has 0 saturated heterocycles. The van der Waals surface area contributed by atoms with E-state index in [2.05, 4.69) is 31.2 Å². The molecule has 0 aromatic heterocycles. The van der Waals surface area contributed by atoms with Crippen LogP contribution in [-0.2, 0) is 12.8 Å². The molecule has 0 aliphatic heterocycles. The SMILES string of the molecule is CCc1ccc(CC=CN)cc1. The molecule has 0 aliphatic rings. The Bertz CT molecular complexity index is 246. The van der Waals surface area contributed by atoms with Gasteiger partial charge < -0.3 is 5.73 Å². The van der Waals surface area contributed by atoms with Crippen molar-refractivity contribution >= 4 is 0 Å². The largest absolute Gasteiger partial charge is 0.405 e. The van der Waals surface area contributed by atoms with E-state index in [9.17, 15) is 0 Å². The second kappa shape index (κ2) is 4.60. The third kappa shape index (κ3) is 2.42. The van der Waals surface area contributed by atoms with Gasteiger partial charge in [-0.15, -0.1) is 0 Å². The molecule has 64 valence electrons. The lowest BCUT2D eigenvalue weighted by atomic mass is 10.1. The first kappa shape index (κ1) is 8.85. The first-order valence-electron chi connectivity index (χ1n) is 4.31. The minimum absolute atomic E-state index is 0.931. The van der Waals surface area contributed by atoms with Crippen LogP contribution >= 0.6 is 0 Å². The fourth-order valence-corrected chi connectivity index (χ4v) is 1.12. The number of hydrogen-bond acceptors (Lipinski definition) is 1. The van der Waals surface area contributed by atoms with Crippen molar-refractivity contribution in [3.63, 3.8) is 0 Å². The van der Waals surface area contributed by atoms with Gasteiger partial charge in [0.2, 0.25) is 0 Å². The van der Waals surface area contributed by atoms with Crippen molar-refractivity contribution in [2.45, 2.75) is 19.8 Å². The Hall–Kier alpha value is -1.24. The lowest BCUT2D eigenvalue weighted by Gasteiger charge is -1.98. The summed E-state index contributed by atoms with van der Waals surface area (Å²) in [4.78, 5) is 0. The molecule has 0 spiro atoms. The van der Waals surface area contributed by atoms with Crippen LogP contribution in [0.25, 0.3) is 0 Å².